The molecule has 0 fully saturated rings. The smallest absolute Gasteiger partial charge is 0.220 e. The van der Waals surface area contributed by atoms with Gasteiger partial charge in [0.05, 0.1) is 0 Å². The van der Waals surface area contributed by atoms with Crippen molar-refractivity contribution in [2.45, 2.75) is 39.2 Å². The van der Waals surface area contributed by atoms with Crippen molar-refractivity contribution in [2.24, 2.45) is 5.73 Å². The van der Waals surface area contributed by atoms with Crippen LogP contribution in [0.5, 0.6) is 0 Å². The summed E-state index contributed by atoms with van der Waals surface area (Å²) < 4.78 is 12.9. The molecule has 0 aliphatic rings. The Balaban J connectivity index is 2.31. The van der Waals surface area contributed by atoms with Crippen LogP contribution in [0.15, 0.2) is 18.2 Å². The van der Waals surface area contributed by atoms with E-state index in [1.165, 1.54) is 12.1 Å². The fourth-order valence-electron chi connectivity index (χ4n) is 1.72. The lowest BCUT2D eigenvalue weighted by molar-refractivity contribution is -0.121. The fourth-order valence-corrected chi connectivity index (χ4v) is 1.72. The summed E-state index contributed by atoms with van der Waals surface area (Å²) in [5, 5.41) is 2.84. The predicted octanol–water partition coefficient (Wildman–Crippen LogP) is 1.92. The largest absolute Gasteiger partial charge is 0.356 e. The minimum absolute atomic E-state index is 0.0204. The van der Waals surface area contributed by atoms with Crippen LogP contribution >= 0.6 is 0 Å². The SMILES string of the molecule is Cc1cc(F)ccc1CCNC(=O)CCC(C)N. The zero-order valence-electron chi connectivity index (χ0n) is 11.0. The average Bonchev–Trinajstić information content (AvgIpc) is 2.29. The standard InChI is InChI=1S/C14H21FN2O/c1-10-9-13(15)5-4-12(10)7-8-17-14(18)6-3-11(2)16/h4-5,9,11H,3,6-8,16H2,1-2H3,(H,17,18). The number of aryl methyl sites for hydroxylation is 1. The molecule has 0 aromatic heterocycles. The molecule has 0 saturated carbocycles. The number of nitrogens with one attached hydrogen (secondary N) is 1. The summed E-state index contributed by atoms with van der Waals surface area (Å²) in [7, 11) is 0. The number of halogens is 1. The topological polar surface area (TPSA) is 55.1 Å². The van der Waals surface area contributed by atoms with Gasteiger partial charge in [-0.15, -0.1) is 0 Å². The van der Waals surface area contributed by atoms with Crippen molar-refractivity contribution in [1.82, 2.24) is 5.32 Å². The molecule has 0 aliphatic carbocycles. The van der Waals surface area contributed by atoms with Gasteiger partial charge in [-0.25, -0.2) is 4.39 Å². The van der Waals surface area contributed by atoms with E-state index in [9.17, 15) is 9.18 Å². The van der Waals surface area contributed by atoms with Crippen molar-refractivity contribution >= 4 is 5.91 Å². The van der Waals surface area contributed by atoms with E-state index < -0.39 is 0 Å². The van der Waals surface area contributed by atoms with Gasteiger partial charge in [0.1, 0.15) is 5.82 Å². The third kappa shape index (κ3) is 5.27. The maximum absolute atomic E-state index is 12.9. The quantitative estimate of drug-likeness (QED) is 0.812. The Morgan fingerprint density at radius 1 is 1.50 bits per heavy atom. The maximum Gasteiger partial charge on any atom is 0.220 e. The number of benzene rings is 1. The Kier molecular flexibility index (Phi) is 5.78. The highest BCUT2D eigenvalue weighted by Gasteiger charge is 2.04. The number of hydrogen-bond acceptors (Lipinski definition) is 2. The molecule has 3 nitrogen and oxygen atoms in total. The Morgan fingerprint density at radius 3 is 2.83 bits per heavy atom. The van der Waals surface area contributed by atoms with Crippen molar-refractivity contribution in [3.05, 3.63) is 35.1 Å². The molecule has 0 heterocycles. The molecule has 0 aliphatic heterocycles. The van der Waals surface area contributed by atoms with E-state index in [4.69, 9.17) is 5.73 Å². The summed E-state index contributed by atoms with van der Waals surface area (Å²) in [5.41, 5.74) is 7.55. The van der Waals surface area contributed by atoms with E-state index >= 15 is 0 Å². The number of nitrogens with two attached hydrogens (primary N) is 1. The van der Waals surface area contributed by atoms with Crippen LogP contribution in [-0.4, -0.2) is 18.5 Å². The van der Waals surface area contributed by atoms with Crippen LogP contribution < -0.4 is 11.1 Å². The predicted molar refractivity (Wildman–Crippen MR) is 70.7 cm³/mol. The molecule has 1 aromatic carbocycles. The minimum atomic E-state index is -0.225. The van der Waals surface area contributed by atoms with Gasteiger partial charge in [0, 0.05) is 19.0 Å². The molecule has 0 saturated heterocycles. The first-order valence-electron chi connectivity index (χ1n) is 6.26. The van der Waals surface area contributed by atoms with Crippen LogP contribution in [0.25, 0.3) is 0 Å². The lowest BCUT2D eigenvalue weighted by Gasteiger charge is -2.08. The van der Waals surface area contributed by atoms with Crippen LogP contribution in [0.1, 0.15) is 30.9 Å². The second kappa shape index (κ2) is 7.11. The Hall–Kier alpha value is -1.42. The monoisotopic (exact) mass is 252 g/mol. The van der Waals surface area contributed by atoms with Gasteiger partial charge < -0.3 is 11.1 Å². The summed E-state index contributed by atoms with van der Waals surface area (Å²) in [6, 6.07) is 4.77. The van der Waals surface area contributed by atoms with E-state index in [1.54, 1.807) is 6.07 Å². The first kappa shape index (κ1) is 14.6. The van der Waals surface area contributed by atoms with Crippen molar-refractivity contribution in [3.8, 4) is 0 Å². The van der Waals surface area contributed by atoms with Crippen LogP contribution in [0, 0.1) is 12.7 Å². The van der Waals surface area contributed by atoms with Gasteiger partial charge in [-0.1, -0.05) is 6.07 Å². The normalized spacial score (nSPS) is 12.2. The van der Waals surface area contributed by atoms with Crippen molar-refractivity contribution in [1.29, 1.82) is 0 Å². The third-order valence-electron chi connectivity index (χ3n) is 2.85. The summed E-state index contributed by atoms with van der Waals surface area (Å²) in [5.74, 6) is -0.204. The lowest BCUT2D eigenvalue weighted by Crippen LogP contribution is -2.27. The second-order valence-electron chi connectivity index (χ2n) is 4.69. The lowest BCUT2D eigenvalue weighted by atomic mass is 10.1. The molecule has 100 valence electrons. The van der Waals surface area contributed by atoms with Crippen molar-refractivity contribution in [3.63, 3.8) is 0 Å². The summed E-state index contributed by atoms with van der Waals surface area (Å²) >= 11 is 0. The van der Waals surface area contributed by atoms with Crippen molar-refractivity contribution < 1.29 is 9.18 Å². The molecule has 1 amide bonds. The van der Waals surface area contributed by atoms with Crippen molar-refractivity contribution in [2.75, 3.05) is 6.54 Å². The van der Waals surface area contributed by atoms with Gasteiger partial charge in [-0.3, -0.25) is 4.79 Å². The molecule has 0 spiro atoms. The second-order valence-corrected chi connectivity index (χ2v) is 4.69. The Morgan fingerprint density at radius 2 is 2.22 bits per heavy atom. The van der Waals surface area contributed by atoms with E-state index in [0.29, 0.717) is 19.4 Å². The zero-order chi connectivity index (χ0) is 13.5. The zero-order valence-corrected chi connectivity index (χ0v) is 11.0. The highest BCUT2D eigenvalue weighted by molar-refractivity contribution is 5.75. The van der Waals surface area contributed by atoms with E-state index in [2.05, 4.69) is 5.32 Å². The average molecular weight is 252 g/mol. The first-order valence-corrected chi connectivity index (χ1v) is 6.26. The third-order valence-corrected chi connectivity index (χ3v) is 2.85. The number of hydrogen-bond donors (Lipinski definition) is 2. The molecule has 1 atom stereocenters. The van der Waals surface area contributed by atoms with Gasteiger partial charge in [0.25, 0.3) is 0 Å². The molecule has 0 bridgehead atoms. The van der Waals surface area contributed by atoms with Gasteiger partial charge in [-0.2, -0.15) is 0 Å². The van der Waals surface area contributed by atoms with Crippen LogP contribution in [0.2, 0.25) is 0 Å². The molecule has 1 aromatic rings. The Labute approximate surface area is 108 Å². The van der Waals surface area contributed by atoms with E-state index in [1.807, 2.05) is 13.8 Å². The molecule has 18 heavy (non-hydrogen) atoms. The maximum atomic E-state index is 12.9. The number of rotatable bonds is 6. The molecule has 1 unspecified atom stereocenters. The number of amides is 1. The van der Waals surface area contributed by atoms with Gasteiger partial charge in [0.2, 0.25) is 5.91 Å². The minimum Gasteiger partial charge on any atom is -0.356 e. The van der Waals surface area contributed by atoms with Gasteiger partial charge in [0.15, 0.2) is 0 Å². The molecule has 3 N–H and O–H groups in total. The fraction of sp³-hybridized carbons (Fsp3) is 0.500. The molecular formula is C14H21FN2O. The van der Waals surface area contributed by atoms with Crippen LogP contribution in [-0.2, 0) is 11.2 Å². The Bertz CT molecular complexity index is 405. The van der Waals surface area contributed by atoms with E-state index in [-0.39, 0.29) is 17.8 Å². The van der Waals surface area contributed by atoms with Crippen LogP contribution in [0.3, 0.4) is 0 Å². The summed E-state index contributed by atoms with van der Waals surface area (Å²) in [6.07, 6.45) is 1.87. The molecule has 1 rings (SSSR count). The van der Waals surface area contributed by atoms with E-state index in [0.717, 1.165) is 17.5 Å². The highest BCUT2D eigenvalue weighted by Crippen LogP contribution is 2.10. The highest BCUT2D eigenvalue weighted by atomic mass is 19.1. The van der Waals surface area contributed by atoms with Gasteiger partial charge >= 0.3 is 0 Å². The number of carbonyl (C=O) groups excluding carboxylic acids is 1. The molecular weight excluding hydrogens is 231 g/mol. The number of carbonyl (C=O) groups is 1. The molecule has 0 radical (unpaired) electrons. The first-order chi connectivity index (χ1) is 8.49. The molecule has 4 heteroatoms. The summed E-state index contributed by atoms with van der Waals surface area (Å²) in [4.78, 5) is 11.5. The summed E-state index contributed by atoms with van der Waals surface area (Å²) in [6.45, 7) is 4.33. The van der Waals surface area contributed by atoms with Crippen LogP contribution in [0.4, 0.5) is 4.39 Å². The van der Waals surface area contributed by atoms with Gasteiger partial charge in [-0.05, 0) is 49.9 Å².